The van der Waals surface area contributed by atoms with Crippen LogP contribution in [0.25, 0.3) is 6.08 Å². The van der Waals surface area contributed by atoms with Gasteiger partial charge in [0.2, 0.25) is 0 Å². The number of carbonyl (C=O) groups is 1. The molecule has 1 aliphatic heterocycles. The Morgan fingerprint density at radius 1 is 1.25 bits per heavy atom. The number of hydrogen-bond acceptors (Lipinski definition) is 5. The molecule has 6 heteroatoms. The molecular formula is C18H22N2O4. The number of amides is 1. The van der Waals surface area contributed by atoms with Crippen LogP contribution in [0.2, 0.25) is 0 Å². The highest BCUT2D eigenvalue weighted by molar-refractivity contribution is 6.01. The van der Waals surface area contributed by atoms with Crippen LogP contribution in [-0.4, -0.2) is 50.3 Å². The second kappa shape index (κ2) is 8.94. The average Bonchev–Trinajstić information content (AvgIpc) is 2.62. The Balaban J connectivity index is 2.24. The van der Waals surface area contributed by atoms with Gasteiger partial charge in [-0.15, -0.1) is 0 Å². The summed E-state index contributed by atoms with van der Waals surface area (Å²) in [4.78, 5) is 14.1. The van der Waals surface area contributed by atoms with E-state index in [1.165, 1.54) is 0 Å². The van der Waals surface area contributed by atoms with Gasteiger partial charge < -0.3 is 19.1 Å². The molecule has 0 atom stereocenters. The lowest BCUT2D eigenvalue weighted by Crippen LogP contribution is -2.41. The van der Waals surface area contributed by atoms with Gasteiger partial charge in [-0.1, -0.05) is 6.07 Å². The molecule has 1 aromatic rings. The average molecular weight is 330 g/mol. The molecule has 0 radical (unpaired) electrons. The smallest absolute Gasteiger partial charge is 0.264 e. The van der Waals surface area contributed by atoms with Crippen LogP contribution in [0.1, 0.15) is 19.4 Å². The molecule has 1 saturated heterocycles. The molecule has 0 unspecified atom stereocenters. The minimum absolute atomic E-state index is 0.100. The van der Waals surface area contributed by atoms with Crippen molar-refractivity contribution in [1.29, 1.82) is 5.26 Å². The molecule has 2 rings (SSSR count). The molecule has 1 amide bonds. The van der Waals surface area contributed by atoms with Crippen molar-refractivity contribution in [2.24, 2.45) is 0 Å². The molecule has 128 valence electrons. The summed E-state index contributed by atoms with van der Waals surface area (Å²) in [6.07, 6.45) is 1.58. The van der Waals surface area contributed by atoms with Crippen LogP contribution in [-0.2, 0) is 9.53 Å². The zero-order chi connectivity index (χ0) is 17.4. The Hall–Kier alpha value is -2.52. The number of carbonyl (C=O) groups excluding carboxylic acids is 1. The van der Waals surface area contributed by atoms with Crippen LogP contribution in [0.5, 0.6) is 11.5 Å². The van der Waals surface area contributed by atoms with Crippen LogP contribution in [0, 0.1) is 11.3 Å². The molecule has 0 spiro atoms. The highest BCUT2D eigenvalue weighted by atomic mass is 16.5. The summed E-state index contributed by atoms with van der Waals surface area (Å²) in [5, 5.41) is 9.35. The standard InChI is InChI=1S/C18H22N2O4/c1-3-23-16-6-5-14(12-17(16)24-4-2)11-15(13-19)18(21)20-7-9-22-10-8-20/h5-6,11-12H,3-4,7-10H2,1-2H3. The number of morpholine rings is 1. The van der Waals surface area contributed by atoms with Crippen molar-refractivity contribution < 1.29 is 19.0 Å². The van der Waals surface area contributed by atoms with Gasteiger partial charge in [0.1, 0.15) is 11.6 Å². The molecular weight excluding hydrogens is 308 g/mol. The molecule has 6 nitrogen and oxygen atoms in total. The number of ether oxygens (including phenoxy) is 3. The number of benzene rings is 1. The van der Waals surface area contributed by atoms with E-state index in [1.54, 1.807) is 29.2 Å². The van der Waals surface area contributed by atoms with E-state index in [1.807, 2.05) is 19.9 Å². The summed E-state index contributed by atoms with van der Waals surface area (Å²) in [5.74, 6) is 0.978. The van der Waals surface area contributed by atoms with Crippen molar-refractivity contribution in [3.05, 3.63) is 29.3 Å². The predicted molar refractivity (Wildman–Crippen MR) is 89.8 cm³/mol. The lowest BCUT2D eigenvalue weighted by atomic mass is 10.1. The summed E-state index contributed by atoms with van der Waals surface area (Å²) in [6.45, 7) is 6.85. The molecule has 1 aliphatic rings. The van der Waals surface area contributed by atoms with Gasteiger partial charge in [0, 0.05) is 13.1 Å². The van der Waals surface area contributed by atoms with Gasteiger partial charge in [-0.3, -0.25) is 4.79 Å². The van der Waals surface area contributed by atoms with E-state index in [4.69, 9.17) is 14.2 Å². The third-order valence-corrected chi connectivity index (χ3v) is 3.53. The molecule has 0 N–H and O–H groups in total. The van der Waals surface area contributed by atoms with E-state index in [2.05, 4.69) is 0 Å². The second-order valence-electron chi connectivity index (χ2n) is 5.15. The van der Waals surface area contributed by atoms with Gasteiger partial charge in [-0.25, -0.2) is 0 Å². The first-order valence-corrected chi connectivity index (χ1v) is 8.08. The van der Waals surface area contributed by atoms with Gasteiger partial charge in [-0.2, -0.15) is 5.26 Å². The van der Waals surface area contributed by atoms with Crippen LogP contribution >= 0.6 is 0 Å². The van der Waals surface area contributed by atoms with Crippen molar-refractivity contribution in [3.63, 3.8) is 0 Å². The quantitative estimate of drug-likeness (QED) is 0.591. The number of nitrogens with zero attached hydrogens (tertiary/aromatic N) is 2. The molecule has 1 aromatic carbocycles. The Morgan fingerprint density at radius 3 is 2.54 bits per heavy atom. The lowest BCUT2D eigenvalue weighted by Gasteiger charge is -2.26. The zero-order valence-corrected chi connectivity index (χ0v) is 14.1. The van der Waals surface area contributed by atoms with Crippen molar-refractivity contribution >= 4 is 12.0 Å². The molecule has 24 heavy (non-hydrogen) atoms. The van der Waals surface area contributed by atoms with Crippen molar-refractivity contribution in [2.75, 3.05) is 39.5 Å². The SMILES string of the molecule is CCOc1ccc(C=C(C#N)C(=O)N2CCOCC2)cc1OCC. The topological polar surface area (TPSA) is 71.8 Å². The maximum absolute atomic E-state index is 12.4. The van der Waals surface area contributed by atoms with Crippen LogP contribution in [0.3, 0.4) is 0 Å². The van der Waals surface area contributed by atoms with Crippen molar-refractivity contribution in [2.45, 2.75) is 13.8 Å². The number of rotatable bonds is 6. The molecule has 0 aliphatic carbocycles. The van der Waals surface area contributed by atoms with Crippen LogP contribution in [0.15, 0.2) is 23.8 Å². The molecule has 0 bridgehead atoms. The van der Waals surface area contributed by atoms with E-state index >= 15 is 0 Å². The first kappa shape index (κ1) is 17.8. The Kier molecular flexibility index (Phi) is 6.64. The minimum Gasteiger partial charge on any atom is -0.490 e. The van der Waals surface area contributed by atoms with Crippen molar-refractivity contribution in [1.82, 2.24) is 4.90 Å². The zero-order valence-electron chi connectivity index (χ0n) is 14.1. The third-order valence-electron chi connectivity index (χ3n) is 3.53. The van der Waals surface area contributed by atoms with Gasteiger partial charge in [-0.05, 0) is 37.6 Å². The largest absolute Gasteiger partial charge is 0.490 e. The second-order valence-corrected chi connectivity index (χ2v) is 5.15. The van der Waals surface area contributed by atoms with Gasteiger partial charge in [0.15, 0.2) is 11.5 Å². The number of hydrogen-bond donors (Lipinski definition) is 0. The molecule has 0 saturated carbocycles. The van der Waals surface area contributed by atoms with E-state index in [0.717, 1.165) is 5.56 Å². The van der Waals surface area contributed by atoms with Gasteiger partial charge in [0.25, 0.3) is 5.91 Å². The number of nitriles is 1. The Labute approximate surface area is 142 Å². The lowest BCUT2D eigenvalue weighted by molar-refractivity contribution is -0.130. The first-order chi connectivity index (χ1) is 11.7. The van der Waals surface area contributed by atoms with E-state index in [0.29, 0.717) is 51.0 Å². The summed E-state index contributed by atoms with van der Waals surface area (Å²) in [7, 11) is 0. The predicted octanol–water partition coefficient (Wildman–Crippen LogP) is 2.25. The molecule has 1 heterocycles. The molecule has 1 fully saturated rings. The third kappa shape index (κ3) is 4.49. The maximum atomic E-state index is 12.4. The highest BCUT2D eigenvalue weighted by Crippen LogP contribution is 2.29. The monoisotopic (exact) mass is 330 g/mol. The highest BCUT2D eigenvalue weighted by Gasteiger charge is 2.20. The van der Waals surface area contributed by atoms with E-state index in [-0.39, 0.29) is 11.5 Å². The van der Waals surface area contributed by atoms with Gasteiger partial charge in [0.05, 0.1) is 26.4 Å². The minimum atomic E-state index is -0.271. The molecule has 0 aromatic heterocycles. The summed E-state index contributed by atoms with van der Waals surface area (Å²) in [6, 6.07) is 7.36. The van der Waals surface area contributed by atoms with Crippen LogP contribution in [0.4, 0.5) is 0 Å². The van der Waals surface area contributed by atoms with Crippen LogP contribution < -0.4 is 9.47 Å². The fourth-order valence-electron chi connectivity index (χ4n) is 2.40. The normalized spacial score (nSPS) is 14.9. The van der Waals surface area contributed by atoms with Gasteiger partial charge >= 0.3 is 0 Å². The fraction of sp³-hybridized carbons (Fsp3) is 0.444. The van der Waals surface area contributed by atoms with Crippen molar-refractivity contribution in [3.8, 4) is 17.6 Å². The summed E-state index contributed by atoms with van der Waals surface area (Å²) in [5.41, 5.74) is 0.823. The van der Waals surface area contributed by atoms with E-state index in [9.17, 15) is 10.1 Å². The maximum Gasteiger partial charge on any atom is 0.264 e. The van der Waals surface area contributed by atoms with E-state index < -0.39 is 0 Å². The fourth-order valence-corrected chi connectivity index (χ4v) is 2.40. The summed E-state index contributed by atoms with van der Waals surface area (Å²) < 4.78 is 16.3. The Bertz CT molecular complexity index is 643. The Morgan fingerprint density at radius 2 is 1.92 bits per heavy atom. The summed E-state index contributed by atoms with van der Waals surface area (Å²) >= 11 is 0. The first-order valence-electron chi connectivity index (χ1n) is 8.08.